The molecule has 1 amide bonds. The van der Waals surface area contributed by atoms with Crippen LogP contribution < -0.4 is 4.74 Å². The lowest BCUT2D eigenvalue weighted by Crippen LogP contribution is -2.30. The number of aromatic nitrogens is 2. The fourth-order valence-electron chi connectivity index (χ4n) is 2.32. The lowest BCUT2D eigenvalue weighted by atomic mass is 10.1. The molecule has 1 aromatic heterocycles. The highest BCUT2D eigenvalue weighted by molar-refractivity contribution is 5.94. The largest absolute Gasteiger partial charge is 0.492 e. The van der Waals surface area contributed by atoms with Crippen LogP contribution in [0.2, 0.25) is 0 Å². The molecule has 0 atom stereocenters. The van der Waals surface area contributed by atoms with Crippen LogP contribution in [0.25, 0.3) is 11.4 Å². The van der Waals surface area contributed by atoms with Gasteiger partial charge in [-0.1, -0.05) is 35.5 Å². The van der Waals surface area contributed by atoms with Gasteiger partial charge in [0, 0.05) is 25.1 Å². The number of likely N-dealkylation sites (N-methyl/N-ethyl adjacent to an activating group) is 1. The van der Waals surface area contributed by atoms with Gasteiger partial charge in [0.25, 0.3) is 5.91 Å². The van der Waals surface area contributed by atoms with Gasteiger partial charge in [-0.05, 0) is 24.3 Å². The second kappa shape index (κ2) is 7.61. The fraction of sp³-hybridized carbons (Fsp3) is 0.211. The van der Waals surface area contributed by atoms with Gasteiger partial charge in [0.05, 0.1) is 6.54 Å². The number of ether oxygens (including phenoxy) is 1. The molecule has 0 N–H and O–H groups in total. The molecule has 128 valence electrons. The first-order valence-corrected chi connectivity index (χ1v) is 7.97. The first-order chi connectivity index (χ1) is 12.1. The Kier molecular flexibility index (Phi) is 5.09. The third-order valence-electron chi connectivity index (χ3n) is 3.70. The first-order valence-electron chi connectivity index (χ1n) is 7.97. The second-order valence-electron chi connectivity index (χ2n) is 5.60. The number of para-hydroxylation sites is 1. The number of aryl methyl sites for hydroxylation is 1. The van der Waals surface area contributed by atoms with Gasteiger partial charge in [-0.3, -0.25) is 4.79 Å². The Bertz CT molecular complexity index is 829. The summed E-state index contributed by atoms with van der Waals surface area (Å²) in [6.07, 6.45) is 0. The van der Waals surface area contributed by atoms with Crippen LogP contribution in [0.15, 0.2) is 59.1 Å². The van der Waals surface area contributed by atoms with E-state index in [1.807, 2.05) is 42.5 Å². The molecule has 0 unspecified atom stereocenters. The zero-order valence-electron chi connectivity index (χ0n) is 14.2. The highest BCUT2D eigenvalue weighted by atomic mass is 16.5. The van der Waals surface area contributed by atoms with E-state index in [0.717, 1.165) is 11.3 Å². The average Bonchev–Trinajstić information content (AvgIpc) is 3.08. The standard InChI is InChI=1S/C19H19N3O3/c1-14-20-18(21-25-14)15-8-10-16(11-9-15)19(23)22(2)12-13-24-17-6-4-3-5-7-17/h3-11H,12-13H2,1-2H3. The summed E-state index contributed by atoms with van der Waals surface area (Å²) >= 11 is 0. The molecule has 0 aliphatic rings. The normalized spacial score (nSPS) is 10.5. The van der Waals surface area contributed by atoms with Crippen molar-refractivity contribution in [2.24, 2.45) is 0 Å². The Morgan fingerprint density at radius 3 is 2.48 bits per heavy atom. The fourth-order valence-corrected chi connectivity index (χ4v) is 2.32. The van der Waals surface area contributed by atoms with E-state index in [0.29, 0.717) is 30.4 Å². The van der Waals surface area contributed by atoms with Crippen molar-refractivity contribution < 1.29 is 14.1 Å². The summed E-state index contributed by atoms with van der Waals surface area (Å²) in [4.78, 5) is 18.3. The molecule has 0 radical (unpaired) electrons. The molecule has 3 aromatic rings. The van der Waals surface area contributed by atoms with E-state index in [2.05, 4.69) is 10.1 Å². The summed E-state index contributed by atoms with van der Waals surface area (Å²) in [5.41, 5.74) is 1.41. The van der Waals surface area contributed by atoms with E-state index >= 15 is 0 Å². The maximum absolute atomic E-state index is 12.5. The number of carbonyl (C=O) groups is 1. The Balaban J connectivity index is 1.56. The van der Waals surface area contributed by atoms with Gasteiger partial charge < -0.3 is 14.2 Å². The van der Waals surface area contributed by atoms with Crippen molar-refractivity contribution in [2.45, 2.75) is 6.92 Å². The first kappa shape index (κ1) is 16.7. The van der Waals surface area contributed by atoms with Gasteiger partial charge in [0.15, 0.2) is 0 Å². The number of rotatable bonds is 6. The minimum Gasteiger partial charge on any atom is -0.492 e. The highest BCUT2D eigenvalue weighted by Crippen LogP contribution is 2.17. The summed E-state index contributed by atoms with van der Waals surface area (Å²) in [6.45, 7) is 2.67. The van der Waals surface area contributed by atoms with Crippen LogP contribution in [0.1, 0.15) is 16.2 Å². The predicted molar refractivity (Wildman–Crippen MR) is 93.4 cm³/mol. The van der Waals surface area contributed by atoms with Gasteiger partial charge in [-0.25, -0.2) is 0 Å². The number of nitrogens with zero attached hydrogens (tertiary/aromatic N) is 3. The van der Waals surface area contributed by atoms with Crippen LogP contribution >= 0.6 is 0 Å². The summed E-state index contributed by atoms with van der Waals surface area (Å²) in [6, 6.07) is 16.7. The molecule has 0 saturated carbocycles. The number of benzene rings is 2. The smallest absolute Gasteiger partial charge is 0.253 e. The van der Waals surface area contributed by atoms with E-state index in [1.165, 1.54) is 0 Å². The van der Waals surface area contributed by atoms with Crippen molar-refractivity contribution >= 4 is 5.91 Å². The van der Waals surface area contributed by atoms with Gasteiger partial charge in [0.2, 0.25) is 11.7 Å². The zero-order chi connectivity index (χ0) is 17.6. The van der Waals surface area contributed by atoms with Crippen molar-refractivity contribution in [1.82, 2.24) is 15.0 Å². The van der Waals surface area contributed by atoms with Crippen molar-refractivity contribution in [3.8, 4) is 17.1 Å². The summed E-state index contributed by atoms with van der Waals surface area (Å²) in [5.74, 6) is 1.75. The number of carbonyl (C=O) groups excluding carboxylic acids is 1. The molecule has 6 heteroatoms. The molecule has 2 aromatic carbocycles. The van der Waals surface area contributed by atoms with Crippen molar-refractivity contribution in [3.05, 3.63) is 66.1 Å². The molecular weight excluding hydrogens is 318 g/mol. The van der Waals surface area contributed by atoms with E-state index in [4.69, 9.17) is 9.26 Å². The van der Waals surface area contributed by atoms with Crippen LogP contribution in [0.4, 0.5) is 0 Å². The third-order valence-corrected chi connectivity index (χ3v) is 3.70. The lowest BCUT2D eigenvalue weighted by molar-refractivity contribution is 0.0774. The Labute approximate surface area is 146 Å². The van der Waals surface area contributed by atoms with E-state index < -0.39 is 0 Å². The van der Waals surface area contributed by atoms with E-state index in [-0.39, 0.29) is 5.91 Å². The van der Waals surface area contributed by atoms with Crippen LogP contribution in [0, 0.1) is 6.92 Å². The van der Waals surface area contributed by atoms with Crippen LogP contribution in [0.3, 0.4) is 0 Å². The molecule has 0 saturated heterocycles. The van der Waals surface area contributed by atoms with Gasteiger partial charge in [-0.15, -0.1) is 0 Å². The summed E-state index contributed by atoms with van der Waals surface area (Å²) in [7, 11) is 1.76. The summed E-state index contributed by atoms with van der Waals surface area (Å²) < 4.78 is 10.6. The maximum atomic E-state index is 12.5. The molecule has 25 heavy (non-hydrogen) atoms. The lowest BCUT2D eigenvalue weighted by Gasteiger charge is -2.17. The SMILES string of the molecule is Cc1nc(-c2ccc(C(=O)N(C)CCOc3ccccc3)cc2)no1. The van der Waals surface area contributed by atoms with Crippen LogP contribution in [-0.2, 0) is 0 Å². The minimum atomic E-state index is -0.0625. The van der Waals surface area contributed by atoms with E-state index in [9.17, 15) is 4.79 Å². The molecule has 0 bridgehead atoms. The van der Waals surface area contributed by atoms with Crippen molar-refractivity contribution in [1.29, 1.82) is 0 Å². The van der Waals surface area contributed by atoms with Gasteiger partial charge in [-0.2, -0.15) is 4.98 Å². The van der Waals surface area contributed by atoms with E-state index in [1.54, 1.807) is 31.0 Å². The molecule has 0 fully saturated rings. The molecule has 3 rings (SSSR count). The summed E-state index contributed by atoms with van der Waals surface area (Å²) in [5, 5.41) is 3.87. The molecule has 6 nitrogen and oxygen atoms in total. The molecule has 0 aliphatic carbocycles. The number of amides is 1. The quantitative estimate of drug-likeness (QED) is 0.691. The molecule has 0 aliphatic heterocycles. The maximum Gasteiger partial charge on any atom is 0.253 e. The van der Waals surface area contributed by atoms with Gasteiger partial charge in [0.1, 0.15) is 12.4 Å². The molecule has 1 heterocycles. The third kappa shape index (κ3) is 4.23. The van der Waals surface area contributed by atoms with Crippen LogP contribution in [-0.4, -0.2) is 41.1 Å². The van der Waals surface area contributed by atoms with Crippen LogP contribution in [0.5, 0.6) is 5.75 Å². The highest BCUT2D eigenvalue weighted by Gasteiger charge is 2.13. The predicted octanol–water partition coefficient (Wildman–Crippen LogP) is 3.20. The zero-order valence-corrected chi connectivity index (χ0v) is 14.2. The Morgan fingerprint density at radius 2 is 1.84 bits per heavy atom. The molecule has 0 spiro atoms. The Hall–Kier alpha value is -3.15. The Morgan fingerprint density at radius 1 is 1.12 bits per heavy atom. The molecular formula is C19H19N3O3. The number of hydrogen-bond acceptors (Lipinski definition) is 5. The number of hydrogen-bond donors (Lipinski definition) is 0. The average molecular weight is 337 g/mol. The topological polar surface area (TPSA) is 68.5 Å². The van der Waals surface area contributed by atoms with Gasteiger partial charge >= 0.3 is 0 Å². The van der Waals surface area contributed by atoms with Crippen molar-refractivity contribution in [3.63, 3.8) is 0 Å². The second-order valence-corrected chi connectivity index (χ2v) is 5.60. The monoisotopic (exact) mass is 337 g/mol. The minimum absolute atomic E-state index is 0.0625. The van der Waals surface area contributed by atoms with Crippen molar-refractivity contribution in [2.75, 3.05) is 20.2 Å².